The first kappa shape index (κ1) is 28.7. The maximum absolute atomic E-state index is 14.4. The average Bonchev–Trinajstić information content (AvgIpc) is 3.27. The van der Waals surface area contributed by atoms with E-state index in [-0.39, 0.29) is 12.4 Å². The second-order valence-electron chi connectivity index (χ2n) is 11.8. The predicted octanol–water partition coefficient (Wildman–Crippen LogP) is 4.73. The summed E-state index contributed by atoms with van der Waals surface area (Å²) in [6, 6.07) is 6.67. The summed E-state index contributed by atoms with van der Waals surface area (Å²) in [7, 11) is -6.48. The Hall–Kier alpha value is -2.32. The number of anilines is 1. The van der Waals surface area contributed by atoms with Gasteiger partial charge in [-0.2, -0.15) is 0 Å². The summed E-state index contributed by atoms with van der Waals surface area (Å²) in [5, 5.41) is 0. The first-order chi connectivity index (χ1) is 17.5. The number of rotatable bonds is 9. The molecule has 3 aromatic rings. The molecular weight excluding hydrogens is 531 g/mol. The summed E-state index contributed by atoms with van der Waals surface area (Å²) in [6.07, 6.45) is 1.56. The fourth-order valence-corrected chi connectivity index (χ4v) is 5.79. The lowest BCUT2D eigenvalue weighted by Crippen LogP contribution is -2.41. The van der Waals surface area contributed by atoms with Crippen molar-refractivity contribution in [1.29, 1.82) is 0 Å². The third kappa shape index (κ3) is 5.96. The summed E-state index contributed by atoms with van der Waals surface area (Å²) in [5.41, 5.74) is 0.342. The van der Waals surface area contributed by atoms with E-state index in [0.29, 0.717) is 29.2 Å². The summed E-state index contributed by atoms with van der Waals surface area (Å²) < 4.78 is 76.6. The number of hydrogen-bond acceptors (Lipinski definition) is 6. The van der Waals surface area contributed by atoms with Crippen LogP contribution in [0.2, 0.25) is 25.7 Å². The second kappa shape index (κ2) is 10.0. The molecule has 1 N–H and O–H groups in total. The van der Waals surface area contributed by atoms with Gasteiger partial charge in [0.15, 0.2) is 0 Å². The molecule has 0 radical (unpaired) electrons. The van der Waals surface area contributed by atoms with Crippen LogP contribution in [0.15, 0.2) is 41.6 Å². The molecule has 1 aromatic heterocycles. The molecule has 1 fully saturated rings. The molecule has 4 rings (SSSR count). The van der Waals surface area contributed by atoms with Gasteiger partial charge in [-0.3, -0.25) is 4.72 Å². The lowest BCUT2D eigenvalue weighted by molar-refractivity contribution is 0.00578. The molecule has 2 aromatic carbocycles. The Labute approximate surface area is 223 Å². The van der Waals surface area contributed by atoms with Crippen molar-refractivity contribution in [3.05, 3.63) is 48.3 Å². The fraction of sp³-hybridized carbons (Fsp3) is 0.480. The van der Waals surface area contributed by atoms with Crippen molar-refractivity contribution in [3.8, 4) is 0 Å². The number of nitrogens with zero attached hydrogens (tertiary/aromatic N) is 2. The molecule has 8 nitrogen and oxygen atoms in total. The first-order valence-corrected chi connectivity index (χ1v) is 17.6. The van der Waals surface area contributed by atoms with Crippen molar-refractivity contribution < 1.29 is 31.2 Å². The molecule has 0 bridgehead atoms. The number of imidazole rings is 1. The van der Waals surface area contributed by atoms with Gasteiger partial charge in [-0.25, -0.2) is 22.2 Å². The van der Waals surface area contributed by atoms with Crippen molar-refractivity contribution in [3.63, 3.8) is 0 Å². The average molecular weight is 566 g/mol. The number of hydrogen-bond donors (Lipinski definition) is 1. The van der Waals surface area contributed by atoms with Gasteiger partial charge in [-0.1, -0.05) is 19.6 Å². The van der Waals surface area contributed by atoms with Gasteiger partial charge in [0, 0.05) is 20.7 Å². The van der Waals surface area contributed by atoms with Crippen LogP contribution in [0.5, 0.6) is 0 Å². The summed E-state index contributed by atoms with van der Waals surface area (Å²) >= 11 is 0. The third-order valence-corrected chi connectivity index (χ3v) is 10.0. The van der Waals surface area contributed by atoms with Crippen molar-refractivity contribution in [2.45, 2.75) is 76.2 Å². The number of ether oxygens (including phenoxy) is 1. The molecule has 0 aliphatic carbocycles. The van der Waals surface area contributed by atoms with E-state index < -0.39 is 52.9 Å². The van der Waals surface area contributed by atoms with E-state index in [1.165, 1.54) is 0 Å². The Morgan fingerprint density at radius 1 is 1.08 bits per heavy atom. The quantitative estimate of drug-likeness (QED) is 0.298. The van der Waals surface area contributed by atoms with Crippen LogP contribution >= 0.6 is 0 Å². The molecule has 2 heterocycles. The SMILES string of the molecule is CC1(C)OB(c2cc(NS(=O)(=O)c3ccc(F)cc3F)c3ncn(COCC[Si](C)(C)C)c3c2)OC1(C)C. The highest BCUT2D eigenvalue weighted by atomic mass is 32.2. The standard InChI is InChI=1S/C25H34BF2N3O5SSi/c1-24(2)25(3,4)36-26(35-24)17-12-20(30-37(32,33)22-9-8-18(27)14-19(22)28)23-21(13-17)31(15-29-23)16-34-10-11-38(5,6)7/h8-9,12-15,30H,10-11,16H2,1-7H3. The van der Waals surface area contributed by atoms with Gasteiger partial charge >= 0.3 is 7.12 Å². The van der Waals surface area contributed by atoms with E-state index in [2.05, 4.69) is 29.3 Å². The van der Waals surface area contributed by atoms with Crippen molar-refractivity contribution in [2.24, 2.45) is 0 Å². The zero-order chi connectivity index (χ0) is 28.1. The zero-order valence-electron chi connectivity index (χ0n) is 22.8. The monoisotopic (exact) mass is 565 g/mol. The Balaban J connectivity index is 1.74. The Kier molecular flexibility index (Phi) is 7.56. The van der Waals surface area contributed by atoms with E-state index in [9.17, 15) is 17.2 Å². The highest BCUT2D eigenvalue weighted by Crippen LogP contribution is 2.37. The lowest BCUT2D eigenvalue weighted by atomic mass is 9.78. The first-order valence-electron chi connectivity index (χ1n) is 12.4. The molecule has 0 spiro atoms. The normalized spacial score (nSPS) is 17.3. The summed E-state index contributed by atoms with van der Waals surface area (Å²) in [4.78, 5) is 3.74. The van der Waals surface area contributed by atoms with Gasteiger partial charge in [0.25, 0.3) is 10.0 Å². The molecule has 1 aliphatic rings. The van der Waals surface area contributed by atoms with Crippen molar-refractivity contribution in [2.75, 3.05) is 11.3 Å². The largest absolute Gasteiger partial charge is 0.494 e. The molecule has 0 amide bonds. The fourth-order valence-electron chi connectivity index (χ4n) is 3.92. The van der Waals surface area contributed by atoms with Crippen LogP contribution in [0.25, 0.3) is 11.0 Å². The minimum atomic E-state index is -4.42. The molecule has 1 saturated heterocycles. The number of sulfonamides is 1. The Morgan fingerprint density at radius 3 is 2.34 bits per heavy atom. The van der Waals surface area contributed by atoms with Crippen molar-refractivity contribution in [1.82, 2.24) is 9.55 Å². The van der Waals surface area contributed by atoms with Crippen LogP contribution < -0.4 is 10.2 Å². The predicted molar refractivity (Wildman–Crippen MR) is 147 cm³/mol. The van der Waals surface area contributed by atoms with Gasteiger partial charge < -0.3 is 18.6 Å². The molecule has 13 heteroatoms. The smallest absolute Gasteiger partial charge is 0.399 e. The van der Waals surface area contributed by atoms with Crippen LogP contribution in [0.3, 0.4) is 0 Å². The van der Waals surface area contributed by atoms with Gasteiger partial charge in [0.05, 0.1) is 28.7 Å². The maximum atomic E-state index is 14.4. The van der Waals surface area contributed by atoms with Gasteiger partial charge in [-0.05, 0) is 63.5 Å². The van der Waals surface area contributed by atoms with Crippen LogP contribution in [0.4, 0.5) is 14.5 Å². The lowest BCUT2D eigenvalue weighted by Gasteiger charge is -2.32. The Bertz CT molecular complexity index is 1440. The number of benzene rings is 2. The number of nitrogens with one attached hydrogen (secondary N) is 1. The maximum Gasteiger partial charge on any atom is 0.494 e. The highest BCUT2D eigenvalue weighted by molar-refractivity contribution is 7.92. The van der Waals surface area contributed by atoms with Gasteiger partial charge in [0.2, 0.25) is 0 Å². The van der Waals surface area contributed by atoms with Crippen LogP contribution in [0, 0.1) is 11.6 Å². The molecule has 0 unspecified atom stereocenters. The minimum Gasteiger partial charge on any atom is -0.399 e. The van der Waals surface area contributed by atoms with E-state index in [0.717, 1.165) is 18.2 Å². The number of halogens is 2. The van der Waals surface area contributed by atoms with Crippen LogP contribution in [0.1, 0.15) is 27.7 Å². The molecule has 0 saturated carbocycles. The van der Waals surface area contributed by atoms with Gasteiger partial charge in [-0.15, -0.1) is 0 Å². The van der Waals surface area contributed by atoms with E-state index in [1.807, 2.05) is 33.8 Å². The topological polar surface area (TPSA) is 91.7 Å². The number of aromatic nitrogens is 2. The highest BCUT2D eigenvalue weighted by Gasteiger charge is 2.52. The third-order valence-electron chi connectivity index (χ3n) is 6.93. The Morgan fingerprint density at radius 2 is 1.74 bits per heavy atom. The summed E-state index contributed by atoms with van der Waals surface area (Å²) in [5.74, 6) is -2.07. The molecule has 206 valence electrons. The van der Waals surface area contributed by atoms with E-state index >= 15 is 0 Å². The second-order valence-corrected chi connectivity index (χ2v) is 19.0. The van der Waals surface area contributed by atoms with E-state index in [4.69, 9.17) is 14.0 Å². The van der Waals surface area contributed by atoms with Crippen LogP contribution in [-0.2, 0) is 30.8 Å². The number of fused-ring (bicyclic) bond motifs is 1. The van der Waals surface area contributed by atoms with Crippen LogP contribution in [-0.4, -0.2) is 51.0 Å². The molecule has 1 aliphatic heterocycles. The summed E-state index contributed by atoms with van der Waals surface area (Å²) in [6.45, 7) is 15.3. The van der Waals surface area contributed by atoms with E-state index in [1.54, 1.807) is 17.0 Å². The van der Waals surface area contributed by atoms with Crippen molar-refractivity contribution >= 4 is 47.4 Å². The molecule has 0 atom stereocenters. The molecular formula is C25H34BF2N3O5SSi. The molecule has 38 heavy (non-hydrogen) atoms. The minimum absolute atomic E-state index is 0.108. The zero-order valence-corrected chi connectivity index (χ0v) is 24.6. The van der Waals surface area contributed by atoms with Gasteiger partial charge in [0.1, 0.15) is 28.8 Å².